The molecule has 0 radical (unpaired) electrons. The summed E-state index contributed by atoms with van der Waals surface area (Å²) >= 11 is 0. The first-order valence-electron chi connectivity index (χ1n) is 5.51. The predicted molar refractivity (Wildman–Crippen MR) is 54.1 cm³/mol. The first kappa shape index (κ1) is 11.5. The van der Waals surface area contributed by atoms with Crippen molar-refractivity contribution in [2.75, 3.05) is 6.61 Å². The molecule has 3 nitrogen and oxygen atoms in total. The van der Waals surface area contributed by atoms with Crippen molar-refractivity contribution in [3.63, 3.8) is 0 Å². The first-order chi connectivity index (χ1) is 6.72. The van der Waals surface area contributed by atoms with E-state index < -0.39 is 0 Å². The molecule has 1 heterocycles. The molecule has 0 N–H and O–H groups in total. The van der Waals surface area contributed by atoms with Crippen molar-refractivity contribution in [1.82, 2.24) is 0 Å². The normalized spacial score (nSPS) is 23.4. The van der Waals surface area contributed by atoms with Gasteiger partial charge in [-0.2, -0.15) is 0 Å². The van der Waals surface area contributed by atoms with Crippen LogP contribution in [0.4, 0.5) is 0 Å². The monoisotopic (exact) mass is 200 g/mol. The van der Waals surface area contributed by atoms with Gasteiger partial charge >= 0.3 is 5.97 Å². The van der Waals surface area contributed by atoms with Gasteiger partial charge in [-0.1, -0.05) is 6.92 Å². The molecule has 0 aromatic heterocycles. The molecule has 1 rings (SSSR count). The molecule has 0 aromatic rings. The van der Waals surface area contributed by atoms with Crippen LogP contribution in [0.25, 0.3) is 0 Å². The third-order valence-corrected chi connectivity index (χ3v) is 2.62. The van der Waals surface area contributed by atoms with E-state index in [1.807, 2.05) is 6.92 Å². The predicted octanol–water partition coefficient (Wildman–Crippen LogP) is 2.29. The molecule has 14 heavy (non-hydrogen) atoms. The minimum atomic E-state index is -0.177. The highest BCUT2D eigenvalue weighted by atomic mass is 16.5. The number of carbonyl (C=O) groups excluding carboxylic acids is 1. The van der Waals surface area contributed by atoms with Gasteiger partial charge in [-0.25, -0.2) is 0 Å². The van der Waals surface area contributed by atoms with Crippen molar-refractivity contribution in [3.8, 4) is 0 Å². The summed E-state index contributed by atoms with van der Waals surface area (Å²) in [6.07, 6.45) is 5.67. The van der Waals surface area contributed by atoms with Gasteiger partial charge in [0.05, 0.1) is 6.10 Å². The van der Waals surface area contributed by atoms with E-state index in [2.05, 4.69) is 0 Å². The smallest absolute Gasteiger partial charge is 0.302 e. The third-order valence-electron chi connectivity index (χ3n) is 2.62. The molecule has 1 aliphatic rings. The zero-order chi connectivity index (χ0) is 10.4. The maximum Gasteiger partial charge on any atom is 0.302 e. The Morgan fingerprint density at radius 2 is 2.43 bits per heavy atom. The summed E-state index contributed by atoms with van der Waals surface area (Å²) in [4.78, 5) is 10.8. The summed E-state index contributed by atoms with van der Waals surface area (Å²) in [7, 11) is 0. The topological polar surface area (TPSA) is 35.5 Å². The van der Waals surface area contributed by atoms with Crippen LogP contribution in [0.5, 0.6) is 0 Å². The van der Waals surface area contributed by atoms with Crippen molar-refractivity contribution in [1.29, 1.82) is 0 Å². The van der Waals surface area contributed by atoms with Gasteiger partial charge in [-0.05, 0) is 32.1 Å². The lowest BCUT2D eigenvalue weighted by Crippen LogP contribution is -2.18. The largest absolute Gasteiger partial charge is 0.463 e. The molecule has 1 aliphatic heterocycles. The summed E-state index contributed by atoms with van der Waals surface area (Å²) in [5.74, 6) is -0.177. The lowest BCUT2D eigenvalue weighted by atomic mass is 10.1. The van der Waals surface area contributed by atoms with Gasteiger partial charge < -0.3 is 9.47 Å². The minimum Gasteiger partial charge on any atom is -0.463 e. The third kappa shape index (κ3) is 4.09. The molecular weight excluding hydrogens is 180 g/mol. The van der Waals surface area contributed by atoms with Gasteiger partial charge in [0.1, 0.15) is 6.10 Å². The Bertz CT molecular complexity index is 173. The molecular formula is C11H20O3. The molecule has 1 fully saturated rings. The molecule has 0 bridgehead atoms. The Kier molecular flexibility index (Phi) is 4.94. The van der Waals surface area contributed by atoms with E-state index in [1.54, 1.807) is 0 Å². The maximum atomic E-state index is 10.8. The fourth-order valence-electron chi connectivity index (χ4n) is 1.82. The van der Waals surface area contributed by atoms with Crippen molar-refractivity contribution in [2.45, 2.75) is 58.2 Å². The highest BCUT2D eigenvalue weighted by Gasteiger charge is 2.18. The fourth-order valence-corrected chi connectivity index (χ4v) is 1.82. The Balaban J connectivity index is 2.15. The lowest BCUT2D eigenvalue weighted by Gasteiger charge is -2.16. The average molecular weight is 200 g/mol. The number of hydrogen-bond acceptors (Lipinski definition) is 3. The number of esters is 1. The number of rotatable bonds is 5. The van der Waals surface area contributed by atoms with Crippen molar-refractivity contribution < 1.29 is 14.3 Å². The van der Waals surface area contributed by atoms with Crippen molar-refractivity contribution in [3.05, 3.63) is 0 Å². The molecule has 2 atom stereocenters. The Morgan fingerprint density at radius 1 is 1.64 bits per heavy atom. The van der Waals surface area contributed by atoms with E-state index in [1.165, 1.54) is 13.3 Å². The summed E-state index contributed by atoms with van der Waals surface area (Å²) < 4.78 is 10.7. The van der Waals surface area contributed by atoms with Crippen LogP contribution >= 0.6 is 0 Å². The van der Waals surface area contributed by atoms with Crippen LogP contribution in [0.15, 0.2) is 0 Å². The summed E-state index contributed by atoms with van der Waals surface area (Å²) in [5, 5.41) is 0. The average Bonchev–Trinajstić information content (AvgIpc) is 2.64. The highest BCUT2D eigenvalue weighted by Crippen LogP contribution is 2.19. The van der Waals surface area contributed by atoms with Gasteiger partial charge in [0, 0.05) is 13.5 Å². The highest BCUT2D eigenvalue weighted by molar-refractivity contribution is 5.66. The summed E-state index contributed by atoms with van der Waals surface area (Å²) in [5.41, 5.74) is 0. The van der Waals surface area contributed by atoms with Gasteiger partial charge in [0.2, 0.25) is 0 Å². The fraction of sp³-hybridized carbons (Fsp3) is 0.909. The molecule has 3 heteroatoms. The van der Waals surface area contributed by atoms with Crippen LogP contribution in [0.2, 0.25) is 0 Å². The Hall–Kier alpha value is -0.570. The molecule has 0 spiro atoms. The van der Waals surface area contributed by atoms with E-state index in [9.17, 15) is 4.79 Å². The zero-order valence-corrected chi connectivity index (χ0v) is 9.12. The molecule has 1 saturated heterocycles. The SMILES string of the molecule is CCC(CCC1CCCO1)OC(C)=O. The molecule has 0 saturated carbocycles. The van der Waals surface area contributed by atoms with Crippen LogP contribution in [-0.2, 0) is 14.3 Å². The number of carbonyl (C=O) groups is 1. The second kappa shape index (κ2) is 6.02. The van der Waals surface area contributed by atoms with Gasteiger partial charge in [-0.3, -0.25) is 4.79 Å². The zero-order valence-electron chi connectivity index (χ0n) is 9.12. The van der Waals surface area contributed by atoms with Crippen LogP contribution in [-0.4, -0.2) is 24.8 Å². The van der Waals surface area contributed by atoms with Crippen LogP contribution in [0.1, 0.15) is 46.0 Å². The molecule has 82 valence electrons. The standard InChI is InChI=1S/C11H20O3/c1-3-10(14-9(2)12)6-7-11-5-4-8-13-11/h10-11H,3-8H2,1-2H3. The molecule has 0 aromatic carbocycles. The number of ether oxygens (including phenoxy) is 2. The summed E-state index contributed by atoms with van der Waals surface area (Å²) in [6, 6.07) is 0. The van der Waals surface area contributed by atoms with Crippen molar-refractivity contribution in [2.24, 2.45) is 0 Å². The second-order valence-corrected chi connectivity index (χ2v) is 3.85. The Labute approximate surface area is 85.8 Å². The van der Waals surface area contributed by atoms with Gasteiger partial charge in [-0.15, -0.1) is 0 Å². The number of hydrogen-bond donors (Lipinski definition) is 0. The van der Waals surface area contributed by atoms with E-state index in [4.69, 9.17) is 9.47 Å². The second-order valence-electron chi connectivity index (χ2n) is 3.85. The van der Waals surface area contributed by atoms with Crippen LogP contribution in [0, 0.1) is 0 Å². The van der Waals surface area contributed by atoms with E-state index in [-0.39, 0.29) is 12.1 Å². The molecule has 0 aliphatic carbocycles. The summed E-state index contributed by atoms with van der Waals surface area (Å²) in [6.45, 7) is 4.41. The van der Waals surface area contributed by atoms with E-state index >= 15 is 0 Å². The van der Waals surface area contributed by atoms with Gasteiger partial charge in [0.15, 0.2) is 0 Å². The Morgan fingerprint density at radius 3 is 2.93 bits per heavy atom. The van der Waals surface area contributed by atoms with Crippen LogP contribution in [0.3, 0.4) is 0 Å². The van der Waals surface area contributed by atoms with Gasteiger partial charge in [0.25, 0.3) is 0 Å². The lowest BCUT2D eigenvalue weighted by molar-refractivity contribution is -0.147. The van der Waals surface area contributed by atoms with Crippen LogP contribution < -0.4 is 0 Å². The first-order valence-corrected chi connectivity index (χ1v) is 5.51. The maximum absolute atomic E-state index is 10.8. The van der Waals surface area contributed by atoms with E-state index in [0.717, 1.165) is 32.3 Å². The molecule has 0 amide bonds. The quantitative estimate of drug-likeness (QED) is 0.639. The minimum absolute atomic E-state index is 0.0803. The molecule has 2 unspecified atom stereocenters. The van der Waals surface area contributed by atoms with E-state index in [0.29, 0.717) is 6.10 Å². The van der Waals surface area contributed by atoms with Crippen molar-refractivity contribution >= 4 is 5.97 Å².